The minimum Gasteiger partial charge on any atom is -0.310 e. The zero-order chi connectivity index (χ0) is 13.6. The summed E-state index contributed by atoms with van der Waals surface area (Å²) in [6.45, 7) is 10.2. The van der Waals surface area contributed by atoms with Crippen LogP contribution in [-0.2, 0) is 0 Å². The van der Waals surface area contributed by atoms with Crippen molar-refractivity contribution in [3.8, 4) is 0 Å². The molecule has 0 heterocycles. The Morgan fingerprint density at radius 3 is 2.56 bits per heavy atom. The molecule has 1 N–H and O–H groups in total. The molecule has 0 saturated carbocycles. The van der Waals surface area contributed by atoms with E-state index in [1.807, 2.05) is 0 Å². The van der Waals surface area contributed by atoms with Gasteiger partial charge < -0.3 is 5.32 Å². The summed E-state index contributed by atoms with van der Waals surface area (Å²) in [7, 11) is 0. The van der Waals surface area contributed by atoms with Crippen LogP contribution >= 0.6 is 15.9 Å². The van der Waals surface area contributed by atoms with E-state index in [1.165, 1.54) is 29.3 Å². The summed E-state index contributed by atoms with van der Waals surface area (Å²) in [5.41, 5.74) is 1.79. The third-order valence-corrected chi connectivity index (χ3v) is 3.57. The molecule has 0 fully saturated rings. The van der Waals surface area contributed by atoms with E-state index in [2.05, 4.69) is 73.2 Å². The van der Waals surface area contributed by atoms with Gasteiger partial charge in [-0.15, -0.1) is 0 Å². The van der Waals surface area contributed by atoms with Crippen molar-refractivity contribution < 1.29 is 0 Å². The zero-order valence-corrected chi connectivity index (χ0v) is 13.7. The van der Waals surface area contributed by atoms with Gasteiger partial charge in [-0.25, -0.2) is 0 Å². The second kappa shape index (κ2) is 7.30. The van der Waals surface area contributed by atoms with E-state index >= 15 is 0 Å². The molecular weight excluding hydrogens is 286 g/mol. The SMILES string of the molecule is CCCNC(CCC(C)(C)C)c1cccc(Br)c1. The van der Waals surface area contributed by atoms with Crippen molar-refractivity contribution >= 4 is 15.9 Å². The molecule has 1 nitrogen and oxygen atoms in total. The summed E-state index contributed by atoms with van der Waals surface area (Å²) < 4.78 is 1.17. The summed E-state index contributed by atoms with van der Waals surface area (Å²) >= 11 is 3.56. The van der Waals surface area contributed by atoms with Gasteiger partial charge >= 0.3 is 0 Å². The molecular formula is C16H26BrN. The van der Waals surface area contributed by atoms with Crippen LogP contribution in [0.1, 0.15) is 58.6 Å². The summed E-state index contributed by atoms with van der Waals surface area (Å²) in [5.74, 6) is 0. The second-order valence-corrected chi connectivity index (χ2v) is 7.08. The van der Waals surface area contributed by atoms with E-state index < -0.39 is 0 Å². The van der Waals surface area contributed by atoms with Gasteiger partial charge in [0.05, 0.1) is 0 Å². The molecule has 0 spiro atoms. The van der Waals surface area contributed by atoms with Crippen LogP contribution in [0.2, 0.25) is 0 Å². The number of hydrogen-bond donors (Lipinski definition) is 1. The van der Waals surface area contributed by atoms with Gasteiger partial charge in [0, 0.05) is 10.5 Å². The lowest BCUT2D eigenvalue weighted by atomic mass is 9.87. The van der Waals surface area contributed by atoms with Crippen molar-refractivity contribution in [1.29, 1.82) is 0 Å². The third kappa shape index (κ3) is 6.01. The lowest BCUT2D eigenvalue weighted by Crippen LogP contribution is -2.23. The average molecular weight is 312 g/mol. The van der Waals surface area contributed by atoms with Crippen LogP contribution in [0, 0.1) is 5.41 Å². The van der Waals surface area contributed by atoms with E-state index in [1.54, 1.807) is 0 Å². The predicted molar refractivity (Wildman–Crippen MR) is 83.9 cm³/mol. The van der Waals surface area contributed by atoms with Crippen molar-refractivity contribution in [2.45, 2.75) is 53.0 Å². The summed E-state index contributed by atoms with van der Waals surface area (Å²) in [6, 6.07) is 9.14. The third-order valence-electron chi connectivity index (χ3n) is 3.07. The van der Waals surface area contributed by atoms with Crippen LogP contribution in [0.25, 0.3) is 0 Å². The van der Waals surface area contributed by atoms with E-state index in [0.717, 1.165) is 6.54 Å². The summed E-state index contributed by atoms with van der Waals surface area (Å²) in [5, 5.41) is 3.66. The maximum Gasteiger partial charge on any atom is 0.0320 e. The number of halogens is 1. The molecule has 0 bridgehead atoms. The molecule has 0 aromatic heterocycles. The molecule has 0 saturated heterocycles. The maximum absolute atomic E-state index is 3.66. The molecule has 1 aromatic rings. The fourth-order valence-corrected chi connectivity index (χ4v) is 2.42. The van der Waals surface area contributed by atoms with Gasteiger partial charge in [0.1, 0.15) is 0 Å². The number of nitrogens with one attached hydrogen (secondary N) is 1. The first-order valence-corrected chi connectivity index (χ1v) is 7.70. The molecule has 18 heavy (non-hydrogen) atoms. The Morgan fingerprint density at radius 2 is 2.00 bits per heavy atom. The summed E-state index contributed by atoms with van der Waals surface area (Å²) in [6.07, 6.45) is 3.61. The monoisotopic (exact) mass is 311 g/mol. The smallest absolute Gasteiger partial charge is 0.0320 e. The highest BCUT2D eigenvalue weighted by Gasteiger charge is 2.16. The Labute approximate surface area is 120 Å². The van der Waals surface area contributed by atoms with Gasteiger partial charge in [-0.1, -0.05) is 55.8 Å². The molecule has 0 aliphatic heterocycles. The first-order chi connectivity index (χ1) is 8.42. The van der Waals surface area contributed by atoms with Gasteiger partial charge in [-0.3, -0.25) is 0 Å². The Bertz CT molecular complexity index is 354. The molecule has 1 atom stereocenters. The van der Waals surface area contributed by atoms with Gasteiger partial charge in [-0.05, 0) is 48.9 Å². The molecule has 1 aromatic carbocycles. The van der Waals surface area contributed by atoms with E-state index in [-0.39, 0.29) is 0 Å². The first-order valence-electron chi connectivity index (χ1n) is 6.91. The Balaban J connectivity index is 2.71. The van der Waals surface area contributed by atoms with Gasteiger partial charge in [0.25, 0.3) is 0 Å². The second-order valence-electron chi connectivity index (χ2n) is 6.16. The Morgan fingerprint density at radius 1 is 1.28 bits per heavy atom. The van der Waals surface area contributed by atoms with Crippen LogP contribution in [0.3, 0.4) is 0 Å². The molecule has 0 amide bonds. The first kappa shape index (κ1) is 15.7. The molecule has 102 valence electrons. The number of rotatable bonds is 6. The van der Waals surface area contributed by atoms with E-state index in [9.17, 15) is 0 Å². The van der Waals surface area contributed by atoms with Crippen LogP contribution in [0.4, 0.5) is 0 Å². The predicted octanol–water partition coefficient (Wildman–Crippen LogP) is 5.32. The quantitative estimate of drug-likeness (QED) is 0.750. The Hall–Kier alpha value is -0.340. The molecule has 2 heteroatoms. The molecule has 1 rings (SSSR count). The fraction of sp³-hybridized carbons (Fsp3) is 0.625. The normalized spacial score (nSPS) is 13.6. The van der Waals surface area contributed by atoms with E-state index in [4.69, 9.17) is 0 Å². The molecule has 1 unspecified atom stereocenters. The van der Waals surface area contributed by atoms with Crippen LogP contribution < -0.4 is 5.32 Å². The van der Waals surface area contributed by atoms with Crippen molar-refractivity contribution in [1.82, 2.24) is 5.32 Å². The molecule has 0 aliphatic carbocycles. The van der Waals surface area contributed by atoms with E-state index in [0.29, 0.717) is 11.5 Å². The summed E-state index contributed by atoms with van der Waals surface area (Å²) in [4.78, 5) is 0. The van der Waals surface area contributed by atoms with Crippen molar-refractivity contribution in [3.63, 3.8) is 0 Å². The molecule has 0 radical (unpaired) electrons. The highest BCUT2D eigenvalue weighted by Crippen LogP contribution is 2.28. The lowest BCUT2D eigenvalue weighted by molar-refractivity contribution is 0.332. The zero-order valence-electron chi connectivity index (χ0n) is 12.1. The van der Waals surface area contributed by atoms with Crippen molar-refractivity contribution in [2.75, 3.05) is 6.54 Å². The van der Waals surface area contributed by atoms with Crippen LogP contribution in [0.5, 0.6) is 0 Å². The van der Waals surface area contributed by atoms with Crippen molar-refractivity contribution in [3.05, 3.63) is 34.3 Å². The fourth-order valence-electron chi connectivity index (χ4n) is 2.01. The highest BCUT2D eigenvalue weighted by atomic mass is 79.9. The average Bonchev–Trinajstić information content (AvgIpc) is 2.28. The highest BCUT2D eigenvalue weighted by molar-refractivity contribution is 9.10. The molecule has 0 aliphatic rings. The minimum atomic E-state index is 0.401. The lowest BCUT2D eigenvalue weighted by Gasteiger charge is -2.24. The largest absolute Gasteiger partial charge is 0.310 e. The van der Waals surface area contributed by atoms with Gasteiger partial charge in [-0.2, -0.15) is 0 Å². The number of hydrogen-bond acceptors (Lipinski definition) is 1. The maximum atomic E-state index is 3.66. The Kier molecular flexibility index (Phi) is 6.37. The van der Waals surface area contributed by atoms with Gasteiger partial charge in [0.15, 0.2) is 0 Å². The van der Waals surface area contributed by atoms with Crippen LogP contribution in [-0.4, -0.2) is 6.54 Å². The van der Waals surface area contributed by atoms with Crippen LogP contribution in [0.15, 0.2) is 28.7 Å². The topological polar surface area (TPSA) is 12.0 Å². The standard InChI is InChI=1S/C16H26BrN/c1-5-11-18-15(9-10-16(2,3)4)13-7-6-8-14(17)12-13/h6-8,12,15,18H,5,9-11H2,1-4H3. The van der Waals surface area contributed by atoms with Gasteiger partial charge in [0.2, 0.25) is 0 Å². The minimum absolute atomic E-state index is 0.401. The van der Waals surface area contributed by atoms with Crippen molar-refractivity contribution in [2.24, 2.45) is 5.41 Å². The number of benzene rings is 1.